The van der Waals surface area contributed by atoms with Gasteiger partial charge in [-0.1, -0.05) is 30.1 Å². The number of esters is 1. The van der Waals surface area contributed by atoms with E-state index in [0.717, 1.165) is 5.56 Å². The van der Waals surface area contributed by atoms with Gasteiger partial charge in [-0.2, -0.15) is 0 Å². The fraction of sp³-hybridized carbons (Fsp3) is 0.455. The van der Waals surface area contributed by atoms with Crippen molar-refractivity contribution < 1.29 is 9.53 Å². The van der Waals surface area contributed by atoms with Crippen molar-refractivity contribution in [2.24, 2.45) is 0 Å². The molecular weight excluding hydrogens is 263 g/mol. The summed E-state index contributed by atoms with van der Waals surface area (Å²) in [7, 11) is 1.35. The molecule has 1 heterocycles. The molecule has 0 radical (unpaired) electrons. The van der Waals surface area contributed by atoms with E-state index in [-0.39, 0.29) is 11.1 Å². The van der Waals surface area contributed by atoms with Crippen molar-refractivity contribution in [1.82, 2.24) is 4.98 Å². The number of carbonyl (C=O) groups is 1. The van der Waals surface area contributed by atoms with Crippen LogP contribution in [-0.2, 0) is 9.53 Å². The molecule has 1 N–H and O–H groups in total. The highest BCUT2D eigenvalue weighted by Crippen LogP contribution is 2.27. The van der Waals surface area contributed by atoms with E-state index in [1.807, 2.05) is 13.8 Å². The Kier molecular flexibility index (Phi) is 5.02. The van der Waals surface area contributed by atoms with Gasteiger partial charge in [0.2, 0.25) is 0 Å². The summed E-state index contributed by atoms with van der Waals surface area (Å²) in [6.45, 7) is 3.72. The number of pyridine rings is 1. The number of hydrogen-bond acceptors (Lipinski definition) is 4. The maximum absolute atomic E-state index is 11.5. The highest BCUT2D eigenvalue weighted by Gasteiger charge is 2.19. The lowest BCUT2D eigenvalue weighted by Gasteiger charge is -2.18. The summed E-state index contributed by atoms with van der Waals surface area (Å²) in [5, 5.41) is 3.59. The molecule has 94 valence electrons. The Hall–Kier alpha value is -1.00. The van der Waals surface area contributed by atoms with Gasteiger partial charge in [0, 0.05) is 0 Å². The maximum Gasteiger partial charge on any atom is 0.328 e. The molecule has 17 heavy (non-hydrogen) atoms. The van der Waals surface area contributed by atoms with Crippen LogP contribution in [0, 0.1) is 6.92 Å². The minimum Gasteiger partial charge on any atom is -0.467 e. The largest absolute Gasteiger partial charge is 0.467 e. The third-order valence-electron chi connectivity index (χ3n) is 2.35. The number of aryl methyl sites for hydroxylation is 1. The van der Waals surface area contributed by atoms with E-state index in [1.54, 1.807) is 6.07 Å². The van der Waals surface area contributed by atoms with E-state index >= 15 is 0 Å². The van der Waals surface area contributed by atoms with Gasteiger partial charge in [0.05, 0.1) is 12.8 Å². The zero-order chi connectivity index (χ0) is 13.0. The fourth-order valence-corrected chi connectivity index (χ4v) is 2.00. The molecule has 0 aromatic carbocycles. The number of methoxy groups -OCH3 is 1. The fourth-order valence-electron chi connectivity index (χ4n) is 1.41. The highest BCUT2D eigenvalue weighted by molar-refractivity contribution is 6.34. The second-order valence-corrected chi connectivity index (χ2v) is 4.30. The van der Waals surface area contributed by atoms with Gasteiger partial charge in [-0.15, -0.1) is 0 Å². The average Bonchev–Trinajstić information content (AvgIpc) is 2.27. The average molecular weight is 277 g/mol. The van der Waals surface area contributed by atoms with Gasteiger partial charge in [-0.25, -0.2) is 9.78 Å². The normalized spacial score (nSPS) is 12.1. The molecule has 0 fully saturated rings. The summed E-state index contributed by atoms with van der Waals surface area (Å²) in [4.78, 5) is 15.4. The summed E-state index contributed by atoms with van der Waals surface area (Å²) in [6.07, 6.45) is 0.588. The first kappa shape index (κ1) is 14.1. The summed E-state index contributed by atoms with van der Waals surface area (Å²) in [5.74, 6) is -0.335. The van der Waals surface area contributed by atoms with Crippen molar-refractivity contribution in [3.05, 3.63) is 21.9 Å². The number of anilines is 1. The SMILES string of the molecule is CCC(Nc1c(C)cc(Cl)nc1Cl)C(=O)OC. The van der Waals surface area contributed by atoms with E-state index in [4.69, 9.17) is 23.2 Å². The van der Waals surface area contributed by atoms with Crippen molar-refractivity contribution in [2.45, 2.75) is 26.3 Å². The van der Waals surface area contributed by atoms with E-state index < -0.39 is 6.04 Å². The van der Waals surface area contributed by atoms with Crippen molar-refractivity contribution in [2.75, 3.05) is 12.4 Å². The standard InChI is InChI=1S/C11H14Cl2N2O2/c1-4-7(11(16)17-3)14-9-6(2)5-8(12)15-10(9)13/h5,7,14H,4H2,1-3H3. The van der Waals surface area contributed by atoms with Crippen LogP contribution in [0.1, 0.15) is 18.9 Å². The molecule has 0 aliphatic carbocycles. The van der Waals surface area contributed by atoms with E-state index in [1.165, 1.54) is 7.11 Å². The lowest BCUT2D eigenvalue weighted by atomic mass is 10.2. The maximum atomic E-state index is 11.5. The Morgan fingerprint density at radius 2 is 2.24 bits per heavy atom. The van der Waals surface area contributed by atoms with Crippen LogP contribution in [0.4, 0.5) is 5.69 Å². The molecule has 0 spiro atoms. The zero-order valence-electron chi connectivity index (χ0n) is 9.88. The van der Waals surface area contributed by atoms with Crippen molar-refractivity contribution in [3.8, 4) is 0 Å². The van der Waals surface area contributed by atoms with Crippen LogP contribution >= 0.6 is 23.2 Å². The number of hydrogen-bond donors (Lipinski definition) is 1. The minimum atomic E-state index is -0.445. The predicted octanol–water partition coefficient (Wildman–Crippen LogP) is 3.06. The van der Waals surface area contributed by atoms with Crippen LogP contribution in [0.5, 0.6) is 0 Å². The monoisotopic (exact) mass is 276 g/mol. The summed E-state index contributed by atoms with van der Waals surface area (Å²) in [5.41, 5.74) is 1.44. The van der Waals surface area contributed by atoms with Crippen molar-refractivity contribution in [1.29, 1.82) is 0 Å². The lowest BCUT2D eigenvalue weighted by molar-refractivity contribution is -0.141. The Labute approximate surface area is 110 Å². The van der Waals surface area contributed by atoms with Gasteiger partial charge in [-0.05, 0) is 25.0 Å². The molecule has 1 rings (SSSR count). The third-order valence-corrected chi connectivity index (χ3v) is 2.82. The van der Waals surface area contributed by atoms with Gasteiger partial charge in [0.25, 0.3) is 0 Å². The highest BCUT2D eigenvalue weighted by atomic mass is 35.5. The van der Waals surface area contributed by atoms with Crippen LogP contribution < -0.4 is 5.32 Å². The zero-order valence-corrected chi connectivity index (χ0v) is 11.4. The number of nitrogens with one attached hydrogen (secondary N) is 1. The number of nitrogens with zero attached hydrogens (tertiary/aromatic N) is 1. The number of ether oxygens (including phenoxy) is 1. The first-order chi connectivity index (χ1) is 7.99. The molecule has 0 aliphatic rings. The molecular formula is C11H14Cl2N2O2. The first-order valence-corrected chi connectivity index (χ1v) is 5.92. The van der Waals surface area contributed by atoms with Gasteiger partial charge in [0.15, 0.2) is 5.15 Å². The number of rotatable bonds is 4. The Balaban J connectivity index is 2.98. The second kappa shape index (κ2) is 6.07. The van der Waals surface area contributed by atoms with E-state index in [2.05, 4.69) is 15.0 Å². The second-order valence-electron chi connectivity index (χ2n) is 3.56. The molecule has 0 amide bonds. The van der Waals surface area contributed by atoms with Crippen LogP contribution in [-0.4, -0.2) is 24.1 Å². The number of halogens is 2. The summed E-state index contributed by atoms with van der Waals surface area (Å²) >= 11 is 11.7. The van der Waals surface area contributed by atoms with Crippen LogP contribution in [0.2, 0.25) is 10.3 Å². The topological polar surface area (TPSA) is 51.2 Å². The third kappa shape index (κ3) is 3.48. The van der Waals surface area contributed by atoms with Gasteiger partial charge < -0.3 is 10.1 Å². The van der Waals surface area contributed by atoms with Crippen LogP contribution in [0.3, 0.4) is 0 Å². The molecule has 1 aromatic heterocycles. The molecule has 1 aromatic rings. The predicted molar refractivity (Wildman–Crippen MR) is 68.7 cm³/mol. The number of aromatic nitrogens is 1. The molecule has 1 unspecified atom stereocenters. The Morgan fingerprint density at radius 3 is 2.71 bits per heavy atom. The first-order valence-electron chi connectivity index (χ1n) is 5.16. The lowest BCUT2D eigenvalue weighted by Crippen LogP contribution is -2.30. The Morgan fingerprint density at radius 1 is 1.59 bits per heavy atom. The molecule has 0 saturated heterocycles. The molecule has 6 heteroatoms. The quantitative estimate of drug-likeness (QED) is 0.678. The van der Waals surface area contributed by atoms with Gasteiger partial charge in [-0.3, -0.25) is 0 Å². The molecule has 1 atom stereocenters. The van der Waals surface area contributed by atoms with Crippen LogP contribution in [0.15, 0.2) is 6.07 Å². The molecule has 0 saturated carbocycles. The molecule has 0 bridgehead atoms. The van der Waals surface area contributed by atoms with E-state index in [9.17, 15) is 4.79 Å². The molecule has 4 nitrogen and oxygen atoms in total. The smallest absolute Gasteiger partial charge is 0.328 e. The van der Waals surface area contributed by atoms with Crippen molar-refractivity contribution in [3.63, 3.8) is 0 Å². The molecule has 0 aliphatic heterocycles. The number of carbonyl (C=O) groups excluding carboxylic acids is 1. The van der Waals surface area contributed by atoms with Crippen LogP contribution in [0.25, 0.3) is 0 Å². The van der Waals surface area contributed by atoms with E-state index in [0.29, 0.717) is 17.3 Å². The van der Waals surface area contributed by atoms with Gasteiger partial charge in [0.1, 0.15) is 11.2 Å². The van der Waals surface area contributed by atoms with Gasteiger partial charge >= 0.3 is 5.97 Å². The minimum absolute atomic E-state index is 0.248. The summed E-state index contributed by atoms with van der Waals surface area (Å²) < 4.78 is 4.69. The summed E-state index contributed by atoms with van der Waals surface area (Å²) in [6, 6.07) is 1.24. The van der Waals surface area contributed by atoms with Crippen molar-refractivity contribution >= 4 is 34.9 Å². The Bertz CT molecular complexity index is 401.